The molecule has 1 aliphatic heterocycles. The Bertz CT molecular complexity index is 1380. The van der Waals surface area contributed by atoms with Gasteiger partial charge in [0.2, 0.25) is 5.91 Å². The van der Waals surface area contributed by atoms with Crippen LogP contribution < -0.4 is 10.1 Å². The highest BCUT2D eigenvalue weighted by molar-refractivity contribution is 9.10. The van der Waals surface area contributed by atoms with Crippen LogP contribution in [0.5, 0.6) is 5.75 Å². The van der Waals surface area contributed by atoms with Crippen LogP contribution in [0.15, 0.2) is 21.5 Å². The molecular formula is C25H31BrF3NO16S. The molecule has 3 unspecified atom stereocenters. The summed E-state index contributed by atoms with van der Waals surface area (Å²) in [6.07, 6.45) is -7.45. The topological polar surface area (TPSA) is 255 Å². The fraction of sp³-hybridized carbons (Fsp3) is 0.520. The van der Waals surface area contributed by atoms with Crippen LogP contribution in [0.3, 0.4) is 0 Å². The number of rotatable bonds is 10. The minimum Gasteiger partial charge on any atom is -0.481 e. The van der Waals surface area contributed by atoms with Gasteiger partial charge >= 0.3 is 24.1 Å². The number of amides is 1. The van der Waals surface area contributed by atoms with E-state index in [4.69, 9.17) is 38.7 Å². The van der Waals surface area contributed by atoms with Crippen molar-refractivity contribution in [1.82, 2.24) is 5.32 Å². The average molecular weight is 770 g/mol. The number of hydrogen-bond acceptors (Lipinski definition) is 13. The molecule has 1 aromatic rings. The van der Waals surface area contributed by atoms with Crippen LogP contribution in [0.1, 0.15) is 46.1 Å². The first kappa shape index (κ1) is 43.1. The maximum atomic E-state index is 13.4. The Morgan fingerprint density at radius 2 is 1.55 bits per heavy atom. The van der Waals surface area contributed by atoms with E-state index < -0.39 is 99.9 Å². The van der Waals surface area contributed by atoms with Gasteiger partial charge in [0, 0.05) is 45.0 Å². The van der Waals surface area contributed by atoms with Crippen LogP contribution in [0, 0.1) is 0 Å². The molecule has 3 atom stereocenters. The van der Waals surface area contributed by atoms with Crippen molar-refractivity contribution in [2.45, 2.75) is 70.1 Å². The molecule has 0 aliphatic carbocycles. The molecule has 1 amide bonds. The number of halogens is 4. The van der Waals surface area contributed by atoms with Gasteiger partial charge in [0.15, 0.2) is 12.0 Å². The Balaban J connectivity index is 0.00000236. The fourth-order valence-corrected chi connectivity index (χ4v) is 4.57. The van der Waals surface area contributed by atoms with Crippen LogP contribution in [0.25, 0.3) is 0 Å². The fourth-order valence-electron chi connectivity index (χ4n) is 3.30. The van der Waals surface area contributed by atoms with E-state index in [0.717, 1.165) is 13.8 Å². The second kappa shape index (κ2) is 19.7. The number of aliphatic carboxylic acids is 2. The van der Waals surface area contributed by atoms with Gasteiger partial charge in [-0.05, 0) is 12.1 Å². The molecule has 4 N–H and O–H groups in total. The molecule has 0 radical (unpaired) electrons. The van der Waals surface area contributed by atoms with E-state index in [1.165, 1.54) is 13.8 Å². The van der Waals surface area contributed by atoms with Crippen molar-refractivity contribution in [3.8, 4) is 5.75 Å². The quantitative estimate of drug-likeness (QED) is 0.151. The summed E-state index contributed by atoms with van der Waals surface area (Å²) in [7, 11) is -5.25. The van der Waals surface area contributed by atoms with Gasteiger partial charge < -0.3 is 39.2 Å². The Hall–Kier alpha value is -3.86. The Labute approximate surface area is 273 Å². The predicted octanol–water partition coefficient (Wildman–Crippen LogP) is 1.93. The van der Waals surface area contributed by atoms with E-state index in [9.17, 15) is 45.3 Å². The number of carboxylic acids is 2. The highest BCUT2D eigenvalue weighted by Crippen LogP contribution is 2.42. The van der Waals surface area contributed by atoms with E-state index in [-0.39, 0.29) is 23.9 Å². The summed E-state index contributed by atoms with van der Waals surface area (Å²) in [6.45, 7) is 2.64. The summed E-state index contributed by atoms with van der Waals surface area (Å²) >= 11 is 2.69. The molecular weight excluding hydrogens is 739 g/mol. The lowest BCUT2D eigenvalue weighted by Gasteiger charge is -2.34. The normalized spacial score (nSPS) is 17.3. The van der Waals surface area contributed by atoms with Gasteiger partial charge in [-0.25, -0.2) is 4.79 Å². The first-order valence-electron chi connectivity index (χ1n) is 12.7. The molecule has 1 aliphatic rings. The molecule has 22 heteroatoms. The molecule has 1 heterocycles. The standard InChI is InChI=1S/C21H23BrF3NO12S.2C2H4O2/c1-10(27)34-8-14-5-13(36-11(2)28)6-19(37-14)35-9-17(29)26-7-18(30)38-20-15(21(23,24)25)3-12(22)4-16(20)39(31,32)33;2*1-2(3)4/h3-4,13-14,19H,5-9H2,1-2H3,(H,26,29)(H,31,32,33);2*1H3,(H,3,4). The first-order valence-corrected chi connectivity index (χ1v) is 15.0. The van der Waals surface area contributed by atoms with Crippen LogP contribution in [-0.2, 0) is 64.0 Å². The summed E-state index contributed by atoms with van der Waals surface area (Å²) in [5.41, 5.74) is -1.67. The summed E-state index contributed by atoms with van der Waals surface area (Å²) in [5, 5.41) is 16.8. The van der Waals surface area contributed by atoms with Gasteiger partial charge in [-0.3, -0.25) is 28.5 Å². The molecule has 47 heavy (non-hydrogen) atoms. The molecule has 1 fully saturated rings. The Kier molecular flexibility index (Phi) is 18.1. The molecule has 2 rings (SSSR count). The second-order valence-corrected chi connectivity index (χ2v) is 11.4. The lowest BCUT2D eigenvalue weighted by Crippen LogP contribution is -2.43. The molecule has 0 aromatic heterocycles. The van der Waals surface area contributed by atoms with E-state index in [2.05, 4.69) is 20.7 Å². The van der Waals surface area contributed by atoms with Gasteiger partial charge in [0.05, 0.1) is 6.10 Å². The third-order valence-electron chi connectivity index (χ3n) is 4.78. The summed E-state index contributed by atoms with van der Waals surface area (Å²) in [4.78, 5) is 63.3. The Morgan fingerprint density at radius 3 is 2.02 bits per heavy atom. The largest absolute Gasteiger partial charge is 0.481 e. The van der Waals surface area contributed by atoms with Crippen molar-refractivity contribution in [3.05, 3.63) is 22.2 Å². The monoisotopic (exact) mass is 769 g/mol. The number of nitrogens with one attached hydrogen (secondary N) is 1. The lowest BCUT2D eigenvalue weighted by atomic mass is 10.1. The van der Waals surface area contributed by atoms with Crippen molar-refractivity contribution in [2.24, 2.45) is 0 Å². The average Bonchev–Trinajstić information content (AvgIpc) is 2.88. The van der Waals surface area contributed by atoms with Crippen molar-refractivity contribution >= 4 is 61.8 Å². The summed E-state index contributed by atoms with van der Waals surface area (Å²) in [5.74, 6) is -6.74. The molecule has 1 aromatic carbocycles. The van der Waals surface area contributed by atoms with E-state index in [0.29, 0.717) is 12.1 Å². The van der Waals surface area contributed by atoms with Crippen LogP contribution in [0.2, 0.25) is 0 Å². The first-order chi connectivity index (χ1) is 21.4. The van der Waals surface area contributed by atoms with Crippen molar-refractivity contribution < 1.29 is 88.8 Å². The number of benzene rings is 1. The maximum absolute atomic E-state index is 13.4. The van der Waals surface area contributed by atoms with Gasteiger partial charge in [0.25, 0.3) is 22.1 Å². The SMILES string of the molecule is CC(=O)O.CC(=O)O.CC(=O)OCC1CC(OC(C)=O)CC(OCC(=O)NCC(=O)Oc2c(C(F)(F)F)cc(Br)cc2S(=O)(=O)O)O1. The number of ether oxygens (including phenoxy) is 5. The highest BCUT2D eigenvalue weighted by Gasteiger charge is 2.39. The van der Waals surface area contributed by atoms with Crippen LogP contribution in [0.4, 0.5) is 13.2 Å². The van der Waals surface area contributed by atoms with Crippen molar-refractivity contribution in [2.75, 3.05) is 19.8 Å². The molecule has 0 saturated carbocycles. The van der Waals surface area contributed by atoms with Gasteiger partial charge in [0.1, 0.15) is 36.3 Å². The molecule has 17 nitrogen and oxygen atoms in total. The molecule has 0 spiro atoms. The van der Waals surface area contributed by atoms with Gasteiger partial charge in [-0.2, -0.15) is 21.6 Å². The number of carboxylic acid groups (broad SMARTS) is 2. The van der Waals surface area contributed by atoms with Crippen LogP contribution >= 0.6 is 15.9 Å². The van der Waals surface area contributed by atoms with E-state index in [1.54, 1.807) is 0 Å². The zero-order chi connectivity index (χ0) is 36.7. The number of esters is 3. The lowest BCUT2D eigenvalue weighted by molar-refractivity contribution is -0.228. The van der Waals surface area contributed by atoms with Crippen molar-refractivity contribution in [3.63, 3.8) is 0 Å². The number of alkyl halides is 3. The number of carbonyl (C=O) groups is 6. The highest BCUT2D eigenvalue weighted by atomic mass is 79.9. The maximum Gasteiger partial charge on any atom is 0.420 e. The van der Waals surface area contributed by atoms with Crippen LogP contribution in [-0.4, -0.2) is 97.2 Å². The summed E-state index contributed by atoms with van der Waals surface area (Å²) in [6, 6.07) is 1.03. The summed E-state index contributed by atoms with van der Waals surface area (Å²) < 4.78 is 97.7. The zero-order valence-electron chi connectivity index (χ0n) is 25.0. The third kappa shape index (κ3) is 19.4. The smallest absolute Gasteiger partial charge is 0.420 e. The molecule has 1 saturated heterocycles. The zero-order valence-corrected chi connectivity index (χ0v) is 27.4. The van der Waals surface area contributed by atoms with E-state index in [1.807, 2.05) is 5.32 Å². The number of hydrogen-bond donors (Lipinski definition) is 4. The van der Waals surface area contributed by atoms with Gasteiger partial charge in [-0.15, -0.1) is 0 Å². The predicted molar refractivity (Wildman–Crippen MR) is 150 cm³/mol. The van der Waals surface area contributed by atoms with E-state index >= 15 is 0 Å². The molecule has 0 bridgehead atoms. The number of carbonyl (C=O) groups excluding carboxylic acids is 4. The van der Waals surface area contributed by atoms with Gasteiger partial charge in [-0.1, -0.05) is 15.9 Å². The second-order valence-electron chi connectivity index (χ2n) is 9.05. The minimum absolute atomic E-state index is 0.0215. The Morgan fingerprint density at radius 1 is 1.00 bits per heavy atom. The van der Waals surface area contributed by atoms with Crippen molar-refractivity contribution in [1.29, 1.82) is 0 Å². The minimum atomic E-state index is -5.25. The molecule has 266 valence electrons. The third-order valence-corrected chi connectivity index (χ3v) is 6.10.